The largest absolute Gasteiger partial charge is 0.354 e. The molecule has 3 nitrogen and oxygen atoms in total. The van der Waals surface area contributed by atoms with E-state index in [1.165, 1.54) is 38.2 Å². The fourth-order valence-electron chi connectivity index (χ4n) is 3.35. The van der Waals surface area contributed by atoms with E-state index in [9.17, 15) is 9.18 Å². The Morgan fingerprint density at radius 1 is 1.32 bits per heavy atom. The zero-order valence-electron chi connectivity index (χ0n) is 13.6. The Hall–Kier alpha value is -1.42. The molecule has 1 saturated carbocycles. The van der Waals surface area contributed by atoms with E-state index in [0.717, 1.165) is 12.3 Å². The van der Waals surface area contributed by atoms with E-state index in [1.807, 2.05) is 0 Å². The van der Waals surface area contributed by atoms with E-state index in [2.05, 4.69) is 5.32 Å². The van der Waals surface area contributed by atoms with Crippen molar-refractivity contribution < 1.29 is 9.18 Å². The second-order valence-electron chi connectivity index (χ2n) is 6.47. The molecule has 4 heteroatoms. The Kier molecular flexibility index (Phi) is 6.37. The summed E-state index contributed by atoms with van der Waals surface area (Å²) in [6.07, 6.45) is 7.58. The highest BCUT2D eigenvalue weighted by atomic mass is 19.1. The minimum Gasteiger partial charge on any atom is -0.354 e. The summed E-state index contributed by atoms with van der Waals surface area (Å²) in [6.45, 7) is 0.675. The molecule has 0 saturated heterocycles. The number of halogens is 1. The van der Waals surface area contributed by atoms with E-state index in [1.54, 1.807) is 37.2 Å². The van der Waals surface area contributed by atoms with Crippen molar-refractivity contribution in [1.82, 2.24) is 10.2 Å². The molecule has 1 aromatic carbocycles. The molecule has 1 atom stereocenters. The first-order valence-electron chi connectivity index (χ1n) is 8.28. The van der Waals surface area contributed by atoms with Gasteiger partial charge in [0.2, 0.25) is 5.91 Å². The molecule has 2 rings (SSSR count). The van der Waals surface area contributed by atoms with Gasteiger partial charge in [-0.05, 0) is 38.9 Å². The molecular formula is C18H27FN2O. The summed E-state index contributed by atoms with van der Waals surface area (Å²) >= 11 is 0. The van der Waals surface area contributed by atoms with E-state index >= 15 is 0 Å². The lowest BCUT2D eigenvalue weighted by Gasteiger charge is -2.24. The van der Waals surface area contributed by atoms with E-state index in [-0.39, 0.29) is 11.7 Å². The number of hydrogen-bond donors (Lipinski definition) is 1. The van der Waals surface area contributed by atoms with Crippen LogP contribution in [-0.2, 0) is 4.79 Å². The van der Waals surface area contributed by atoms with Crippen LogP contribution in [0.15, 0.2) is 24.3 Å². The predicted molar refractivity (Wildman–Crippen MR) is 87.0 cm³/mol. The standard InChI is InChI=1S/C18H27FN2O/c1-21(2)17(15-11-5-6-12-16(15)19)18(22)20-13-7-10-14-8-3-4-9-14/h5-6,11-12,14,17H,3-4,7-10,13H2,1-2H3,(H,20,22)/t17-/m0/s1. The molecule has 122 valence electrons. The lowest BCUT2D eigenvalue weighted by Crippen LogP contribution is -2.38. The van der Waals surface area contributed by atoms with Crippen LogP contribution in [0, 0.1) is 11.7 Å². The van der Waals surface area contributed by atoms with Crippen molar-refractivity contribution >= 4 is 5.91 Å². The van der Waals surface area contributed by atoms with E-state index < -0.39 is 6.04 Å². The normalized spacial score (nSPS) is 16.9. The van der Waals surface area contributed by atoms with Crippen molar-refractivity contribution in [2.75, 3.05) is 20.6 Å². The highest BCUT2D eigenvalue weighted by molar-refractivity contribution is 5.83. The van der Waals surface area contributed by atoms with Gasteiger partial charge in [-0.15, -0.1) is 0 Å². The number of benzene rings is 1. The zero-order valence-corrected chi connectivity index (χ0v) is 13.6. The lowest BCUT2D eigenvalue weighted by molar-refractivity contribution is -0.125. The predicted octanol–water partition coefficient (Wildman–Crippen LogP) is 3.52. The molecule has 1 aromatic rings. The first-order valence-corrected chi connectivity index (χ1v) is 8.28. The summed E-state index contributed by atoms with van der Waals surface area (Å²) in [7, 11) is 3.60. The Morgan fingerprint density at radius 2 is 2.00 bits per heavy atom. The van der Waals surface area contributed by atoms with Gasteiger partial charge in [-0.2, -0.15) is 0 Å². The fraction of sp³-hybridized carbons (Fsp3) is 0.611. The highest BCUT2D eigenvalue weighted by Gasteiger charge is 2.25. The number of amides is 1. The quantitative estimate of drug-likeness (QED) is 0.782. The molecular weight excluding hydrogens is 279 g/mol. The summed E-state index contributed by atoms with van der Waals surface area (Å²) in [4.78, 5) is 14.2. The van der Waals surface area contributed by atoms with Crippen LogP contribution in [0.25, 0.3) is 0 Å². The summed E-state index contributed by atoms with van der Waals surface area (Å²) in [6, 6.07) is 5.91. The van der Waals surface area contributed by atoms with Crippen LogP contribution in [0.4, 0.5) is 4.39 Å². The molecule has 0 radical (unpaired) electrons. The van der Waals surface area contributed by atoms with Gasteiger partial charge in [-0.25, -0.2) is 4.39 Å². The minimum atomic E-state index is -0.576. The molecule has 1 fully saturated rings. The van der Waals surface area contributed by atoms with Crippen molar-refractivity contribution in [2.45, 2.75) is 44.6 Å². The van der Waals surface area contributed by atoms with Crippen LogP contribution in [0.2, 0.25) is 0 Å². The molecule has 0 aromatic heterocycles. The molecule has 1 aliphatic rings. The van der Waals surface area contributed by atoms with Gasteiger partial charge in [0.1, 0.15) is 11.9 Å². The van der Waals surface area contributed by atoms with Crippen molar-refractivity contribution in [2.24, 2.45) is 5.92 Å². The molecule has 1 aliphatic carbocycles. The third-order valence-corrected chi connectivity index (χ3v) is 4.53. The number of nitrogens with zero attached hydrogens (tertiary/aromatic N) is 1. The number of carbonyl (C=O) groups excluding carboxylic acids is 1. The molecule has 22 heavy (non-hydrogen) atoms. The first kappa shape index (κ1) is 16.9. The van der Waals surface area contributed by atoms with Crippen molar-refractivity contribution in [1.29, 1.82) is 0 Å². The zero-order chi connectivity index (χ0) is 15.9. The van der Waals surface area contributed by atoms with E-state index in [0.29, 0.717) is 12.1 Å². The minimum absolute atomic E-state index is 0.124. The third-order valence-electron chi connectivity index (χ3n) is 4.53. The van der Waals surface area contributed by atoms with Crippen LogP contribution in [0.3, 0.4) is 0 Å². The third kappa shape index (κ3) is 4.54. The smallest absolute Gasteiger partial charge is 0.242 e. The Bertz CT molecular complexity index is 484. The van der Waals surface area contributed by atoms with Gasteiger partial charge in [-0.3, -0.25) is 9.69 Å². The molecule has 0 bridgehead atoms. The van der Waals surface area contributed by atoms with Gasteiger partial charge in [-0.1, -0.05) is 43.9 Å². The molecule has 0 unspecified atom stereocenters. The van der Waals surface area contributed by atoms with Crippen LogP contribution in [0.5, 0.6) is 0 Å². The second kappa shape index (κ2) is 8.28. The second-order valence-corrected chi connectivity index (χ2v) is 6.47. The van der Waals surface area contributed by atoms with Gasteiger partial charge >= 0.3 is 0 Å². The summed E-state index contributed by atoms with van der Waals surface area (Å²) in [5.74, 6) is 0.386. The van der Waals surface area contributed by atoms with Gasteiger partial charge in [0.25, 0.3) is 0 Å². The van der Waals surface area contributed by atoms with Crippen LogP contribution >= 0.6 is 0 Å². The van der Waals surface area contributed by atoms with Crippen molar-refractivity contribution in [3.63, 3.8) is 0 Å². The summed E-state index contributed by atoms with van der Waals surface area (Å²) < 4.78 is 13.9. The van der Waals surface area contributed by atoms with Crippen LogP contribution in [0.1, 0.15) is 50.1 Å². The lowest BCUT2D eigenvalue weighted by atomic mass is 10.0. The van der Waals surface area contributed by atoms with Crippen LogP contribution < -0.4 is 5.32 Å². The monoisotopic (exact) mass is 306 g/mol. The Balaban J connectivity index is 1.86. The number of nitrogens with one attached hydrogen (secondary N) is 1. The Labute approximate surface area is 132 Å². The number of likely N-dealkylation sites (N-methyl/N-ethyl adjacent to an activating group) is 1. The molecule has 1 N–H and O–H groups in total. The Morgan fingerprint density at radius 3 is 2.64 bits per heavy atom. The first-order chi connectivity index (χ1) is 10.6. The van der Waals surface area contributed by atoms with Gasteiger partial charge in [0.05, 0.1) is 0 Å². The number of carbonyl (C=O) groups is 1. The van der Waals surface area contributed by atoms with Gasteiger partial charge in [0.15, 0.2) is 0 Å². The number of hydrogen-bond acceptors (Lipinski definition) is 2. The average Bonchev–Trinajstić information content (AvgIpc) is 2.99. The topological polar surface area (TPSA) is 32.3 Å². The number of rotatable bonds is 7. The van der Waals surface area contributed by atoms with Gasteiger partial charge in [0, 0.05) is 12.1 Å². The van der Waals surface area contributed by atoms with Crippen LogP contribution in [-0.4, -0.2) is 31.4 Å². The van der Waals surface area contributed by atoms with E-state index in [4.69, 9.17) is 0 Å². The fourth-order valence-corrected chi connectivity index (χ4v) is 3.35. The maximum absolute atomic E-state index is 13.9. The van der Waals surface area contributed by atoms with Crippen molar-refractivity contribution in [3.8, 4) is 0 Å². The highest BCUT2D eigenvalue weighted by Crippen LogP contribution is 2.28. The summed E-state index contributed by atoms with van der Waals surface area (Å²) in [5, 5.41) is 2.97. The van der Waals surface area contributed by atoms with Crippen molar-refractivity contribution in [3.05, 3.63) is 35.6 Å². The molecule has 0 heterocycles. The van der Waals surface area contributed by atoms with Gasteiger partial charge < -0.3 is 5.32 Å². The maximum atomic E-state index is 13.9. The maximum Gasteiger partial charge on any atom is 0.242 e. The molecule has 0 aliphatic heterocycles. The molecule has 1 amide bonds. The molecule has 0 spiro atoms. The average molecular weight is 306 g/mol. The summed E-state index contributed by atoms with van der Waals surface area (Å²) in [5.41, 5.74) is 0.431. The SMILES string of the molecule is CN(C)[C@H](C(=O)NCCCC1CCCC1)c1ccccc1F.